The van der Waals surface area contributed by atoms with Crippen LogP contribution in [0, 0.1) is 5.92 Å². The van der Waals surface area contributed by atoms with Crippen LogP contribution in [0.4, 0.5) is 0 Å². The lowest BCUT2D eigenvalue weighted by atomic mass is 10.1. The molecule has 1 N–H and O–H groups in total. The fraction of sp³-hybridized carbons (Fsp3) is 0.714. The third-order valence-corrected chi connectivity index (χ3v) is 1.34. The van der Waals surface area contributed by atoms with E-state index in [1.165, 1.54) is 4.90 Å². The molecule has 4 nitrogen and oxygen atoms in total. The quantitative estimate of drug-likeness (QED) is 0.639. The van der Waals surface area contributed by atoms with Crippen LogP contribution in [0.5, 0.6) is 0 Å². The number of amides is 1. The standard InChI is InChI=1S/C7H13NO3/c1-5(4-6(9)10)7(11)8(2)3/h5H,4H2,1-3H3,(H,9,10). The van der Waals surface area contributed by atoms with E-state index >= 15 is 0 Å². The van der Waals surface area contributed by atoms with E-state index in [1.807, 2.05) is 0 Å². The molecule has 0 saturated carbocycles. The summed E-state index contributed by atoms with van der Waals surface area (Å²) in [4.78, 5) is 22.6. The fourth-order valence-corrected chi connectivity index (χ4v) is 0.790. The molecule has 0 aliphatic rings. The van der Waals surface area contributed by atoms with Crippen molar-refractivity contribution in [2.75, 3.05) is 14.1 Å². The molecule has 0 fully saturated rings. The van der Waals surface area contributed by atoms with Gasteiger partial charge >= 0.3 is 5.97 Å². The molecular formula is C7H13NO3. The maximum Gasteiger partial charge on any atom is 0.304 e. The Morgan fingerprint density at radius 2 is 1.91 bits per heavy atom. The summed E-state index contributed by atoms with van der Waals surface area (Å²) < 4.78 is 0. The van der Waals surface area contributed by atoms with Gasteiger partial charge in [0.05, 0.1) is 6.42 Å². The van der Waals surface area contributed by atoms with Crippen LogP contribution in [-0.4, -0.2) is 36.0 Å². The summed E-state index contributed by atoms with van der Waals surface area (Å²) in [7, 11) is 3.22. The number of hydrogen-bond donors (Lipinski definition) is 1. The normalized spacial score (nSPS) is 12.3. The highest BCUT2D eigenvalue weighted by molar-refractivity contribution is 5.82. The second kappa shape index (κ2) is 3.95. The minimum absolute atomic E-state index is 0.100. The summed E-state index contributed by atoms with van der Waals surface area (Å²) >= 11 is 0. The van der Waals surface area contributed by atoms with Crippen LogP contribution in [0.15, 0.2) is 0 Å². The van der Waals surface area contributed by atoms with Crippen molar-refractivity contribution in [1.29, 1.82) is 0 Å². The second-order valence-electron chi connectivity index (χ2n) is 2.73. The lowest BCUT2D eigenvalue weighted by Crippen LogP contribution is -2.29. The lowest BCUT2D eigenvalue weighted by molar-refractivity contribution is -0.143. The molecule has 0 aliphatic carbocycles. The Labute approximate surface area is 65.8 Å². The molecule has 0 spiro atoms. The molecule has 0 saturated heterocycles. The van der Waals surface area contributed by atoms with Crippen molar-refractivity contribution in [3.05, 3.63) is 0 Å². The number of carboxylic acid groups (broad SMARTS) is 1. The zero-order valence-electron chi connectivity index (χ0n) is 7.00. The minimum Gasteiger partial charge on any atom is -0.481 e. The van der Waals surface area contributed by atoms with Crippen LogP contribution < -0.4 is 0 Å². The Balaban J connectivity index is 3.93. The number of carbonyl (C=O) groups excluding carboxylic acids is 1. The van der Waals surface area contributed by atoms with Gasteiger partial charge < -0.3 is 10.0 Å². The molecule has 1 atom stereocenters. The summed E-state index contributed by atoms with van der Waals surface area (Å²) in [6, 6.07) is 0. The van der Waals surface area contributed by atoms with Crippen molar-refractivity contribution in [2.45, 2.75) is 13.3 Å². The molecule has 0 aromatic heterocycles. The highest BCUT2D eigenvalue weighted by Crippen LogP contribution is 2.04. The molecule has 0 aliphatic heterocycles. The SMILES string of the molecule is CC(CC(=O)O)C(=O)N(C)C. The summed E-state index contributed by atoms with van der Waals surface area (Å²) in [5, 5.41) is 8.34. The lowest BCUT2D eigenvalue weighted by Gasteiger charge is -2.14. The molecule has 0 bridgehead atoms. The van der Waals surface area contributed by atoms with Crippen LogP contribution in [0.25, 0.3) is 0 Å². The summed E-state index contributed by atoms with van der Waals surface area (Å²) in [5.74, 6) is -1.51. The van der Waals surface area contributed by atoms with Crippen LogP contribution in [0.3, 0.4) is 0 Å². The first-order chi connectivity index (χ1) is 4.95. The monoisotopic (exact) mass is 159 g/mol. The minimum atomic E-state index is -0.937. The van der Waals surface area contributed by atoms with E-state index < -0.39 is 11.9 Å². The van der Waals surface area contributed by atoms with Gasteiger partial charge in [-0.25, -0.2) is 0 Å². The van der Waals surface area contributed by atoms with Gasteiger partial charge in [0.1, 0.15) is 0 Å². The average molecular weight is 159 g/mol. The molecule has 64 valence electrons. The molecule has 1 unspecified atom stereocenters. The van der Waals surface area contributed by atoms with Gasteiger partial charge in [0.25, 0.3) is 0 Å². The molecule has 0 aromatic carbocycles. The topological polar surface area (TPSA) is 57.6 Å². The number of carbonyl (C=O) groups is 2. The maximum atomic E-state index is 11.0. The van der Waals surface area contributed by atoms with Crippen molar-refractivity contribution in [3.8, 4) is 0 Å². The summed E-state index contributed by atoms with van der Waals surface area (Å²) in [6.07, 6.45) is -0.100. The Bertz CT molecular complexity index is 165. The molecule has 0 rings (SSSR count). The van der Waals surface area contributed by atoms with Crippen molar-refractivity contribution >= 4 is 11.9 Å². The Kier molecular flexibility index (Phi) is 3.57. The van der Waals surface area contributed by atoms with Crippen LogP contribution in [-0.2, 0) is 9.59 Å². The molecule has 0 heterocycles. The van der Waals surface area contributed by atoms with E-state index in [0.29, 0.717) is 0 Å². The van der Waals surface area contributed by atoms with Gasteiger partial charge in [-0.05, 0) is 0 Å². The molecule has 1 amide bonds. The largest absolute Gasteiger partial charge is 0.481 e. The first-order valence-electron chi connectivity index (χ1n) is 3.38. The van der Waals surface area contributed by atoms with Crippen molar-refractivity contribution in [1.82, 2.24) is 4.90 Å². The highest BCUT2D eigenvalue weighted by Gasteiger charge is 2.17. The van der Waals surface area contributed by atoms with Crippen LogP contribution in [0.2, 0.25) is 0 Å². The zero-order valence-corrected chi connectivity index (χ0v) is 7.00. The molecular weight excluding hydrogens is 146 g/mol. The average Bonchev–Trinajstić information content (AvgIpc) is 1.84. The Hall–Kier alpha value is -1.06. The fourth-order valence-electron chi connectivity index (χ4n) is 0.790. The molecule has 11 heavy (non-hydrogen) atoms. The first-order valence-corrected chi connectivity index (χ1v) is 3.38. The van der Waals surface area contributed by atoms with Crippen molar-refractivity contribution in [2.24, 2.45) is 5.92 Å². The van der Waals surface area contributed by atoms with Gasteiger partial charge in [-0.15, -0.1) is 0 Å². The summed E-state index contributed by atoms with van der Waals surface area (Å²) in [6.45, 7) is 1.61. The zero-order chi connectivity index (χ0) is 9.02. The smallest absolute Gasteiger partial charge is 0.304 e. The number of aliphatic carboxylic acids is 1. The van der Waals surface area contributed by atoms with Crippen LogP contribution >= 0.6 is 0 Å². The molecule has 0 radical (unpaired) electrons. The number of hydrogen-bond acceptors (Lipinski definition) is 2. The van der Waals surface area contributed by atoms with E-state index in [-0.39, 0.29) is 12.3 Å². The highest BCUT2D eigenvalue weighted by atomic mass is 16.4. The Morgan fingerprint density at radius 3 is 2.18 bits per heavy atom. The van der Waals surface area contributed by atoms with Gasteiger partial charge in [0, 0.05) is 20.0 Å². The van der Waals surface area contributed by atoms with E-state index in [1.54, 1.807) is 21.0 Å². The number of rotatable bonds is 3. The van der Waals surface area contributed by atoms with E-state index in [2.05, 4.69) is 0 Å². The van der Waals surface area contributed by atoms with Crippen LogP contribution in [0.1, 0.15) is 13.3 Å². The van der Waals surface area contributed by atoms with Crippen molar-refractivity contribution in [3.63, 3.8) is 0 Å². The van der Waals surface area contributed by atoms with E-state index in [0.717, 1.165) is 0 Å². The Morgan fingerprint density at radius 1 is 1.45 bits per heavy atom. The van der Waals surface area contributed by atoms with Gasteiger partial charge in [-0.3, -0.25) is 9.59 Å². The first kappa shape index (κ1) is 9.94. The van der Waals surface area contributed by atoms with Crippen molar-refractivity contribution < 1.29 is 14.7 Å². The third kappa shape index (κ3) is 3.60. The van der Waals surface area contributed by atoms with Gasteiger partial charge in [-0.2, -0.15) is 0 Å². The van der Waals surface area contributed by atoms with E-state index in [4.69, 9.17) is 5.11 Å². The third-order valence-electron chi connectivity index (χ3n) is 1.34. The molecule has 0 aromatic rings. The number of carboxylic acids is 1. The number of nitrogens with zero attached hydrogens (tertiary/aromatic N) is 1. The maximum absolute atomic E-state index is 11.0. The predicted molar refractivity (Wildman–Crippen MR) is 40.1 cm³/mol. The van der Waals surface area contributed by atoms with Gasteiger partial charge in [0.15, 0.2) is 0 Å². The molecule has 4 heteroatoms. The second-order valence-corrected chi connectivity index (χ2v) is 2.73. The predicted octanol–water partition coefficient (Wildman–Crippen LogP) is 0.185. The van der Waals surface area contributed by atoms with Gasteiger partial charge in [-0.1, -0.05) is 6.92 Å². The van der Waals surface area contributed by atoms with E-state index in [9.17, 15) is 9.59 Å². The van der Waals surface area contributed by atoms with Gasteiger partial charge in [0.2, 0.25) is 5.91 Å². The summed E-state index contributed by atoms with van der Waals surface area (Å²) in [5.41, 5.74) is 0.